The van der Waals surface area contributed by atoms with E-state index in [2.05, 4.69) is 4.72 Å². The Kier molecular flexibility index (Phi) is 6.86. The van der Waals surface area contributed by atoms with Crippen molar-refractivity contribution in [3.05, 3.63) is 105 Å². The van der Waals surface area contributed by atoms with Gasteiger partial charge in [-0.25, -0.2) is 18.0 Å². The highest BCUT2D eigenvalue weighted by Crippen LogP contribution is 2.24. The summed E-state index contributed by atoms with van der Waals surface area (Å²) in [6, 6.07) is 18.9. The van der Waals surface area contributed by atoms with Crippen LogP contribution in [0.15, 0.2) is 86.9 Å². The Hall–Kier alpha value is -3.75. The topological polar surface area (TPSA) is 103 Å². The Balaban J connectivity index is 1.64. The first-order chi connectivity index (χ1) is 16.6. The highest BCUT2D eigenvalue weighted by molar-refractivity contribution is 7.89. The summed E-state index contributed by atoms with van der Waals surface area (Å²) in [6.07, 6.45) is 0.0890. The number of carbonyl (C=O) groups is 1. The number of ether oxygens (including phenoxy) is 1. The SMILES string of the molecule is Cc1ccc(S(=O)(=O)NC(Cc2ccccc2)C(=O)Oc2ccc3c(C)c(C)c(=O)oc3c2)cc1. The molecule has 1 heterocycles. The second-order valence-corrected chi connectivity index (χ2v) is 10.1. The molecule has 1 unspecified atom stereocenters. The van der Waals surface area contributed by atoms with Gasteiger partial charge in [-0.15, -0.1) is 0 Å². The summed E-state index contributed by atoms with van der Waals surface area (Å²) in [6.45, 7) is 5.35. The van der Waals surface area contributed by atoms with Gasteiger partial charge in [-0.05, 0) is 62.6 Å². The van der Waals surface area contributed by atoms with E-state index in [1.165, 1.54) is 18.2 Å². The fourth-order valence-electron chi connectivity index (χ4n) is 3.67. The fourth-order valence-corrected chi connectivity index (χ4v) is 4.86. The first-order valence-electron chi connectivity index (χ1n) is 11.0. The molecule has 0 aliphatic rings. The first-order valence-corrected chi connectivity index (χ1v) is 12.5. The lowest BCUT2D eigenvalue weighted by Crippen LogP contribution is -2.44. The summed E-state index contributed by atoms with van der Waals surface area (Å²) >= 11 is 0. The molecule has 1 atom stereocenters. The van der Waals surface area contributed by atoms with Gasteiger partial charge in [0.1, 0.15) is 17.4 Å². The van der Waals surface area contributed by atoms with E-state index in [0.717, 1.165) is 22.1 Å². The summed E-state index contributed by atoms with van der Waals surface area (Å²) in [5.74, 6) is -0.642. The fraction of sp³-hybridized carbons (Fsp3) is 0.185. The van der Waals surface area contributed by atoms with Gasteiger partial charge in [-0.3, -0.25) is 0 Å². The number of nitrogens with one attached hydrogen (secondary N) is 1. The van der Waals surface area contributed by atoms with Crippen LogP contribution >= 0.6 is 0 Å². The van der Waals surface area contributed by atoms with E-state index in [-0.39, 0.29) is 22.6 Å². The van der Waals surface area contributed by atoms with Crippen molar-refractivity contribution in [3.63, 3.8) is 0 Å². The van der Waals surface area contributed by atoms with Crippen LogP contribution in [0, 0.1) is 20.8 Å². The van der Waals surface area contributed by atoms with Crippen LogP contribution in [0.1, 0.15) is 22.3 Å². The minimum atomic E-state index is -4.00. The molecular formula is C27H25NO6S. The predicted molar refractivity (Wildman–Crippen MR) is 133 cm³/mol. The average molecular weight is 492 g/mol. The van der Waals surface area contributed by atoms with E-state index in [1.54, 1.807) is 43.3 Å². The number of hydrogen-bond acceptors (Lipinski definition) is 6. The van der Waals surface area contributed by atoms with Crippen molar-refractivity contribution >= 4 is 27.0 Å². The maximum atomic E-state index is 13.2. The van der Waals surface area contributed by atoms with Crippen LogP contribution in [-0.4, -0.2) is 20.4 Å². The number of fused-ring (bicyclic) bond motifs is 1. The molecule has 0 spiro atoms. The van der Waals surface area contributed by atoms with Gasteiger partial charge >= 0.3 is 11.6 Å². The monoisotopic (exact) mass is 491 g/mol. The lowest BCUT2D eigenvalue weighted by Gasteiger charge is -2.18. The Morgan fingerprint density at radius 2 is 1.63 bits per heavy atom. The molecule has 4 rings (SSSR count). The number of benzene rings is 3. The molecule has 35 heavy (non-hydrogen) atoms. The molecule has 0 radical (unpaired) electrons. The number of aryl methyl sites for hydroxylation is 2. The van der Waals surface area contributed by atoms with E-state index >= 15 is 0 Å². The number of esters is 1. The highest BCUT2D eigenvalue weighted by Gasteiger charge is 2.28. The summed E-state index contributed by atoms with van der Waals surface area (Å²) in [4.78, 5) is 25.3. The van der Waals surface area contributed by atoms with Gasteiger partial charge in [-0.2, -0.15) is 4.72 Å². The Morgan fingerprint density at radius 3 is 2.31 bits per heavy atom. The lowest BCUT2D eigenvalue weighted by molar-refractivity contribution is -0.136. The largest absolute Gasteiger partial charge is 0.425 e. The first kappa shape index (κ1) is 24.4. The third kappa shape index (κ3) is 5.50. The van der Waals surface area contributed by atoms with Crippen LogP contribution in [0.25, 0.3) is 11.0 Å². The molecule has 1 N–H and O–H groups in total. The van der Waals surface area contributed by atoms with Gasteiger partial charge in [0.05, 0.1) is 4.90 Å². The van der Waals surface area contributed by atoms with Crippen LogP contribution in [0.2, 0.25) is 0 Å². The normalized spacial score (nSPS) is 12.4. The van der Waals surface area contributed by atoms with Crippen LogP contribution in [0.5, 0.6) is 5.75 Å². The van der Waals surface area contributed by atoms with Crippen LogP contribution in [-0.2, 0) is 21.2 Å². The van der Waals surface area contributed by atoms with Gasteiger partial charge in [0, 0.05) is 17.0 Å². The van der Waals surface area contributed by atoms with Gasteiger partial charge in [0.15, 0.2) is 0 Å². The van der Waals surface area contributed by atoms with Crippen molar-refractivity contribution in [1.82, 2.24) is 4.72 Å². The maximum Gasteiger partial charge on any atom is 0.339 e. The molecule has 8 heteroatoms. The van der Waals surface area contributed by atoms with E-state index in [1.807, 2.05) is 32.0 Å². The van der Waals surface area contributed by atoms with E-state index < -0.39 is 27.7 Å². The zero-order valence-corrected chi connectivity index (χ0v) is 20.4. The van der Waals surface area contributed by atoms with Gasteiger partial charge < -0.3 is 9.15 Å². The number of hydrogen-bond donors (Lipinski definition) is 1. The van der Waals surface area contributed by atoms with Crippen LogP contribution in [0.4, 0.5) is 0 Å². The number of rotatable bonds is 7. The molecule has 0 amide bonds. The maximum absolute atomic E-state index is 13.2. The summed E-state index contributed by atoms with van der Waals surface area (Å²) < 4.78 is 39.4. The quantitative estimate of drug-likeness (QED) is 0.236. The third-order valence-corrected chi connectivity index (χ3v) is 7.33. The van der Waals surface area contributed by atoms with Crippen molar-refractivity contribution in [2.75, 3.05) is 0 Å². The Bertz CT molecular complexity index is 1540. The standard InChI is InChI=1S/C27H25NO6S/c1-17-9-12-22(13-10-17)35(31,32)28-24(15-20-7-5-4-6-8-20)27(30)33-21-11-14-23-18(2)19(3)26(29)34-25(23)16-21/h4-14,16,24,28H,15H2,1-3H3. The molecule has 1 aromatic heterocycles. The number of carbonyl (C=O) groups excluding carboxylic acids is 1. The summed E-state index contributed by atoms with van der Waals surface area (Å²) in [7, 11) is -4.00. The predicted octanol–water partition coefficient (Wildman–Crippen LogP) is 4.21. The molecule has 0 bridgehead atoms. The average Bonchev–Trinajstić information content (AvgIpc) is 2.83. The Morgan fingerprint density at radius 1 is 0.943 bits per heavy atom. The van der Waals surface area contributed by atoms with Crippen LogP contribution in [0.3, 0.4) is 0 Å². The molecule has 0 aliphatic carbocycles. The molecule has 7 nitrogen and oxygen atoms in total. The van der Waals surface area contributed by atoms with E-state index in [0.29, 0.717) is 5.56 Å². The van der Waals surface area contributed by atoms with Gasteiger partial charge in [-0.1, -0.05) is 48.0 Å². The molecule has 0 fully saturated rings. The summed E-state index contributed by atoms with van der Waals surface area (Å²) in [5, 5.41) is 0.725. The van der Waals surface area contributed by atoms with Crippen molar-refractivity contribution in [2.24, 2.45) is 0 Å². The molecule has 4 aromatic rings. The smallest absolute Gasteiger partial charge is 0.339 e. The Labute approximate surface area is 203 Å². The minimum absolute atomic E-state index is 0.0484. The molecule has 0 aliphatic heterocycles. The van der Waals surface area contributed by atoms with Crippen molar-refractivity contribution < 1.29 is 22.4 Å². The van der Waals surface area contributed by atoms with E-state index in [9.17, 15) is 18.0 Å². The zero-order valence-electron chi connectivity index (χ0n) is 19.6. The van der Waals surface area contributed by atoms with Gasteiger partial charge in [0.25, 0.3) is 0 Å². The molecular weight excluding hydrogens is 466 g/mol. The molecule has 0 saturated heterocycles. The lowest BCUT2D eigenvalue weighted by atomic mass is 10.1. The molecule has 180 valence electrons. The summed E-state index contributed by atoms with van der Waals surface area (Å²) in [5.41, 5.74) is 2.78. The van der Waals surface area contributed by atoms with Crippen molar-refractivity contribution in [1.29, 1.82) is 0 Å². The van der Waals surface area contributed by atoms with Crippen molar-refractivity contribution in [3.8, 4) is 5.75 Å². The van der Waals surface area contributed by atoms with Crippen molar-refractivity contribution in [2.45, 2.75) is 38.1 Å². The number of sulfonamides is 1. The second-order valence-electron chi connectivity index (χ2n) is 8.40. The van der Waals surface area contributed by atoms with E-state index in [4.69, 9.17) is 9.15 Å². The molecule has 0 saturated carbocycles. The molecule has 3 aromatic carbocycles. The third-order valence-electron chi connectivity index (χ3n) is 5.84. The minimum Gasteiger partial charge on any atom is -0.425 e. The second kappa shape index (κ2) is 9.85. The zero-order chi connectivity index (χ0) is 25.2. The van der Waals surface area contributed by atoms with Crippen LogP contribution < -0.4 is 15.1 Å². The highest BCUT2D eigenvalue weighted by atomic mass is 32.2. The van der Waals surface area contributed by atoms with Gasteiger partial charge in [0.2, 0.25) is 10.0 Å².